The summed E-state index contributed by atoms with van der Waals surface area (Å²) in [6, 6.07) is 5.66. The average molecular weight is 302 g/mol. The van der Waals surface area contributed by atoms with Crippen LogP contribution < -0.4 is 20.1 Å². The van der Waals surface area contributed by atoms with Crippen LogP contribution in [0.1, 0.15) is 45.4 Å². The molecule has 2 saturated carbocycles. The Morgan fingerprint density at radius 3 is 2.68 bits per heavy atom. The maximum absolute atomic E-state index is 12.0. The lowest BCUT2D eigenvalue weighted by Crippen LogP contribution is -2.37. The van der Waals surface area contributed by atoms with E-state index in [0.29, 0.717) is 5.92 Å². The largest absolute Gasteiger partial charge is 0.448 e. The first kappa shape index (κ1) is 13.7. The number of fused-ring (bicyclic) bond motifs is 1. The zero-order valence-corrected chi connectivity index (χ0v) is 12.9. The summed E-state index contributed by atoms with van der Waals surface area (Å²) in [7, 11) is 0. The molecule has 2 amide bonds. The van der Waals surface area contributed by atoms with Gasteiger partial charge < -0.3 is 20.1 Å². The summed E-state index contributed by atoms with van der Waals surface area (Å²) >= 11 is 0. The number of urea groups is 1. The summed E-state index contributed by atoms with van der Waals surface area (Å²) in [4.78, 5) is 12.0. The average Bonchev–Trinajstić information content (AvgIpc) is 3.15. The van der Waals surface area contributed by atoms with Crippen molar-refractivity contribution < 1.29 is 14.3 Å². The van der Waals surface area contributed by atoms with Crippen LogP contribution in [0.25, 0.3) is 0 Å². The molecule has 4 rings (SSSR count). The minimum atomic E-state index is -0.455. The number of benzene rings is 1. The molecule has 1 atom stereocenters. The van der Waals surface area contributed by atoms with Crippen molar-refractivity contribution in [3.8, 4) is 11.5 Å². The Kier molecular flexibility index (Phi) is 3.17. The molecular formula is C17H22N2O3. The third kappa shape index (κ3) is 2.60. The lowest BCUT2D eigenvalue weighted by atomic mass is 10.2. The van der Waals surface area contributed by atoms with Crippen molar-refractivity contribution in [1.29, 1.82) is 0 Å². The second-order valence-electron chi connectivity index (χ2n) is 6.71. The number of hydrogen-bond donors (Lipinski definition) is 2. The number of ether oxygens (including phenoxy) is 2. The highest BCUT2D eigenvalue weighted by Crippen LogP contribution is 2.47. The second-order valence-corrected chi connectivity index (χ2v) is 6.71. The van der Waals surface area contributed by atoms with Crippen molar-refractivity contribution in [3.05, 3.63) is 18.2 Å². The molecule has 1 heterocycles. The first-order valence-electron chi connectivity index (χ1n) is 8.23. The van der Waals surface area contributed by atoms with Gasteiger partial charge in [0.25, 0.3) is 5.79 Å². The molecule has 22 heavy (non-hydrogen) atoms. The van der Waals surface area contributed by atoms with Gasteiger partial charge in [0.1, 0.15) is 0 Å². The molecule has 1 unspecified atom stereocenters. The van der Waals surface area contributed by atoms with E-state index < -0.39 is 5.79 Å². The van der Waals surface area contributed by atoms with Gasteiger partial charge >= 0.3 is 6.03 Å². The Bertz CT molecular complexity index is 592. The quantitative estimate of drug-likeness (QED) is 0.896. The minimum Gasteiger partial charge on any atom is -0.448 e. The Labute approximate surface area is 130 Å². The van der Waals surface area contributed by atoms with Crippen molar-refractivity contribution in [3.63, 3.8) is 0 Å². The molecule has 1 aliphatic heterocycles. The number of anilines is 1. The SMILES string of the molecule is CC(NC(=O)Nc1ccc2c(c1)OC1(CCCC1)O2)C1CC1. The van der Waals surface area contributed by atoms with Crippen LogP contribution in [-0.4, -0.2) is 17.9 Å². The lowest BCUT2D eigenvalue weighted by molar-refractivity contribution is -0.0716. The van der Waals surface area contributed by atoms with Crippen molar-refractivity contribution in [1.82, 2.24) is 5.32 Å². The Morgan fingerprint density at radius 1 is 1.23 bits per heavy atom. The zero-order chi connectivity index (χ0) is 15.2. The predicted molar refractivity (Wildman–Crippen MR) is 83.2 cm³/mol. The van der Waals surface area contributed by atoms with Crippen LogP contribution in [0.15, 0.2) is 18.2 Å². The molecule has 1 aromatic rings. The number of amides is 2. The van der Waals surface area contributed by atoms with Crippen LogP contribution in [0.2, 0.25) is 0 Å². The van der Waals surface area contributed by atoms with Crippen LogP contribution >= 0.6 is 0 Å². The highest BCUT2D eigenvalue weighted by molar-refractivity contribution is 5.89. The molecule has 118 valence electrons. The molecule has 2 aliphatic carbocycles. The van der Waals surface area contributed by atoms with Crippen molar-refractivity contribution in [2.45, 2.75) is 57.3 Å². The lowest BCUT2D eigenvalue weighted by Gasteiger charge is -2.21. The summed E-state index contributed by atoms with van der Waals surface area (Å²) < 4.78 is 12.0. The fourth-order valence-electron chi connectivity index (χ4n) is 3.38. The highest BCUT2D eigenvalue weighted by atomic mass is 16.7. The maximum Gasteiger partial charge on any atom is 0.319 e. The zero-order valence-electron chi connectivity index (χ0n) is 12.9. The minimum absolute atomic E-state index is 0.158. The topological polar surface area (TPSA) is 59.6 Å². The standard InChI is InChI=1S/C17H22N2O3/c1-11(12-4-5-12)18-16(20)19-13-6-7-14-15(10-13)22-17(21-14)8-2-3-9-17/h6-7,10-12H,2-5,8-9H2,1H3,(H2,18,19,20). The van der Waals surface area contributed by atoms with E-state index in [9.17, 15) is 4.79 Å². The van der Waals surface area contributed by atoms with E-state index in [1.54, 1.807) is 0 Å². The molecule has 2 fully saturated rings. The molecule has 2 N–H and O–H groups in total. The van der Waals surface area contributed by atoms with Gasteiger partial charge in [-0.2, -0.15) is 0 Å². The molecule has 5 heteroatoms. The number of carbonyl (C=O) groups excluding carboxylic acids is 1. The van der Waals surface area contributed by atoms with Gasteiger partial charge in [-0.1, -0.05) is 0 Å². The van der Waals surface area contributed by atoms with Crippen molar-refractivity contribution >= 4 is 11.7 Å². The first-order valence-corrected chi connectivity index (χ1v) is 8.23. The maximum atomic E-state index is 12.0. The third-order valence-corrected chi connectivity index (χ3v) is 4.85. The third-order valence-electron chi connectivity index (χ3n) is 4.85. The number of rotatable bonds is 3. The fraction of sp³-hybridized carbons (Fsp3) is 0.588. The molecule has 0 saturated heterocycles. The van der Waals surface area contributed by atoms with Crippen molar-refractivity contribution in [2.24, 2.45) is 5.92 Å². The summed E-state index contributed by atoms with van der Waals surface area (Å²) in [5.41, 5.74) is 0.734. The van der Waals surface area contributed by atoms with Gasteiger partial charge in [0.2, 0.25) is 0 Å². The molecule has 1 aromatic carbocycles. The Hall–Kier alpha value is -1.91. The summed E-state index contributed by atoms with van der Waals surface area (Å²) in [5.74, 6) is 1.70. The van der Waals surface area contributed by atoms with Crippen LogP contribution in [0.4, 0.5) is 10.5 Å². The predicted octanol–water partition coefficient (Wildman–Crippen LogP) is 3.65. The van der Waals surface area contributed by atoms with E-state index in [1.165, 1.54) is 12.8 Å². The molecular weight excluding hydrogens is 280 g/mol. The van der Waals surface area contributed by atoms with Gasteiger partial charge in [-0.3, -0.25) is 0 Å². The van der Waals surface area contributed by atoms with Gasteiger partial charge in [0.05, 0.1) is 0 Å². The number of nitrogens with one attached hydrogen (secondary N) is 2. The first-order chi connectivity index (χ1) is 10.6. The number of carbonyl (C=O) groups is 1. The van der Waals surface area contributed by atoms with Gasteiger partial charge in [-0.25, -0.2) is 4.79 Å². The molecule has 0 bridgehead atoms. The van der Waals surface area contributed by atoms with E-state index in [-0.39, 0.29) is 12.1 Å². The fourth-order valence-corrected chi connectivity index (χ4v) is 3.38. The molecule has 0 radical (unpaired) electrons. The van der Waals surface area contributed by atoms with E-state index in [1.807, 2.05) is 18.2 Å². The van der Waals surface area contributed by atoms with Gasteiger partial charge in [-0.05, 0) is 50.7 Å². The number of hydrogen-bond acceptors (Lipinski definition) is 3. The summed E-state index contributed by atoms with van der Waals surface area (Å²) in [5, 5.41) is 5.86. The Morgan fingerprint density at radius 2 is 1.95 bits per heavy atom. The monoisotopic (exact) mass is 302 g/mol. The van der Waals surface area contributed by atoms with E-state index in [0.717, 1.165) is 42.9 Å². The normalized spacial score (nSPS) is 22.6. The molecule has 0 aromatic heterocycles. The second kappa shape index (κ2) is 5.07. The smallest absolute Gasteiger partial charge is 0.319 e. The van der Waals surface area contributed by atoms with E-state index >= 15 is 0 Å². The molecule has 1 spiro atoms. The molecule has 5 nitrogen and oxygen atoms in total. The van der Waals surface area contributed by atoms with Crippen LogP contribution in [0, 0.1) is 5.92 Å². The van der Waals surface area contributed by atoms with Gasteiger partial charge in [0.15, 0.2) is 11.5 Å². The highest BCUT2D eigenvalue weighted by Gasteiger charge is 2.44. The van der Waals surface area contributed by atoms with Crippen molar-refractivity contribution in [2.75, 3.05) is 5.32 Å². The summed E-state index contributed by atoms with van der Waals surface area (Å²) in [6.07, 6.45) is 6.58. The van der Waals surface area contributed by atoms with Gasteiger partial charge in [0, 0.05) is 30.6 Å². The van der Waals surface area contributed by atoms with Crippen LogP contribution in [-0.2, 0) is 0 Å². The van der Waals surface area contributed by atoms with Crippen LogP contribution in [0.5, 0.6) is 11.5 Å². The summed E-state index contributed by atoms with van der Waals surface area (Å²) in [6.45, 7) is 2.06. The van der Waals surface area contributed by atoms with Crippen LogP contribution in [0.3, 0.4) is 0 Å². The van der Waals surface area contributed by atoms with E-state index in [4.69, 9.17) is 9.47 Å². The van der Waals surface area contributed by atoms with Gasteiger partial charge in [-0.15, -0.1) is 0 Å². The van der Waals surface area contributed by atoms with E-state index in [2.05, 4.69) is 17.6 Å². The Balaban J connectivity index is 1.41. The molecule has 3 aliphatic rings.